The molecule has 31 heavy (non-hydrogen) atoms. The van der Waals surface area contributed by atoms with E-state index in [1.165, 1.54) is 0 Å². The van der Waals surface area contributed by atoms with Crippen molar-refractivity contribution in [1.29, 1.82) is 0 Å². The second-order valence-corrected chi connectivity index (χ2v) is 7.92. The third-order valence-electron chi connectivity index (χ3n) is 5.03. The van der Waals surface area contributed by atoms with Crippen molar-refractivity contribution in [2.75, 3.05) is 23.4 Å². The molecule has 7 nitrogen and oxygen atoms in total. The number of nitrogens with one attached hydrogen (secondary N) is 2. The van der Waals surface area contributed by atoms with E-state index < -0.39 is 11.8 Å². The molecule has 2 aliphatic rings. The molecular formula is C22H19Cl2N3O4. The molecule has 0 aliphatic carbocycles. The van der Waals surface area contributed by atoms with Crippen molar-refractivity contribution < 1.29 is 19.1 Å². The molecule has 9 heteroatoms. The average molecular weight is 460 g/mol. The van der Waals surface area contributed by atoms with Crippen LogP contribution in [-0.2, 0) is 14.3 Å². The third-order valence-corrected chi connectivity index (χ3v) is 5.70. The average Bonchev–Trinajstić information content (AvgIpc) is 3.36. The van der Waals surface area contributed by atoms with Crippen LogP contribution in [-0.4, -0.2) is 37.0 Å². The highest BCUT2D eigenvalue weighted by atomic mass is 35.5. The van der Waals surface area contributed by atoms with Gasteiger partial charge < -0.3 is 15.4 Å². The standard InChI is InChI=1S/C22H19Cl2N3O4/c23-16-8-1-2-9-17(16)27-21(29)18(24)19(22(27)30)26-14-6-3-5-13(11-14)20(28)25-12-15-7-4-10-31-15/h1-3,5-6,8-9,11,15,26H,4,7,10,12H2,(H,25,28). The van der Waals surface area contributed by atoms with Crippen LogP contribution >= 0.6 is 23.2 Å². The maximum absolute atomic E-state index is 12.9. The quantitative estimate of drug-likeness (QED) is 0.643. The van der Waals surface area contributed by atoms with E-state index in [2.05, 4.69) is 10.6 Å². The Hall–Kier alpha value is -2.87. The molecule has 0 radical (unpaired) electrons. The van der Waals surface area contributed by atoms with E-state index in [-0.39, 0.29) is 33.5 Å². The Balaban J connectivity index is 1.49. The van der Waals surface area contributed by atoms with Crippen LogP contribution in [0.25, 0.3) is 0 Å². The molecule has 2 aliphatic heterocycles. The maximum atomic E-state index is 12.9. The molecule has 1 saturated heterocycles. The first-order valence-corrected chi connectivity index (χ1v) is 10.5. The normalized spacial score (nSPS) is 18.6. The van der Waals surface area contributed by atoms with Gasteiger partial charge >= 0.3 is 0 Å². The number of halogens is 2. The Morgan fingerprint density at radius 1 is 1.10 bits per heavy atom. The number of amides is 3. The number of benzene rings is 2. The number of anilines is 2. The molecule has 1 atom stereocenters. The van der Waals surface area contributed by atoms with E-state index in [0.717, 1.165) is 17.7 Å². The molecule has 2 aromatic carbocycles. The number of rotatable bonds is 6. The topological polar surface area (TPSA) is 87.7 Å². The van der Waals surface area contributed by atoms with E-state index in [0.29, 0.717) is 24.4 Å². The summed E-state index contributed by atoms with van der Waals surface area (Å²) in [7, 11) is 0. The number of hydrogen-bond donors (Lipinski definition) is 2. The fourth-order valence-electron chi connectivity index (χ4n) is 3.46. The zero-order chi connectivity index (χ0) is 22.0. The van der Waals surface area contributed by atoms with Crippen LogP contribution in [0.15, 0.2) is 59.3 Å². The summed E-state index contributed by atoms with van der Waals surface area (Å²) in [5.74, 6) is -1.56. The van der Waals surface area contributed by atoms with E-state index in [1.54, 1.807) is 48.5 Å². The predicted octanol–water partition coefficient (Wildman–Crippen LogP) is 3.68. The van der Waals surface area contributed by atoms with Gasteiger partial charge in [0.2, 0.25) is 0 Å². The summed E-state index contributed by atoms with van der Waals surface area (Å²) < 4.78 is 5.51. The van der Waals surface area contributed by atoms with Crippen molar-refractivity contribution in [3.05, 3.63) is 69.8 Å². The predicted molar refractivity (Wildman–Crippen MR) is 118 cm³/mol. The lowest BCUT2D eigenvalue weighted by Gasteiger charge is -2.16. The highest BCUT2D eigenvalue weighted by Crippen LogP contribution is 2.34. The fourth-order valence-corrected chi connectivity index (χ4v) is 3.89. The second-order valence-electron chi connectivity index (χ2n) is 7.14. The molecule has 1 unspecified atom stereocenters. The maximum Gasteiger partial charge on any atom is 0.283 e. The molecular weight excluding hydrogens is 441 g/mol. The molecule has 0 spiro atoms. The summed E-state index contributed by atoms with van der Waals surface area (Å²) in [6, 6.07) is 13.1. The highest BCUT2D eigenvalue weighted by Gasteiger charge is 2.39. The van der Waals surface area contributed by atoms with Crippen molar-refractivity contribution in [2.24, 2.45) is 0 Å². The van der Waals surface area contributed by atoms with Gasteiger partial charge in [-0.1, -0.05) is 41.4 Å². The van der Waals surface area contributed by atoms with Gasteiger partial charge in [0.15, 0.2) is 0 Å². The van der Waals surface area contributed by atoms with E-state index in [1.807, 2.05) is 0 Å². The van der Waals surface area contributed by atoms with Crippen molar-refractivity contribution in [1.82, 2.24) is 5.32 Å². The first-order valence-electron chi connectivity index (χ1n) is 9.75. The number of hydrogen-bond acceptors (Lipinski definition) is 5. The Kier molecular flexibility index (Phi) is 6.27. The van der Waals surface area contributed by atoms with E-state index in [9.17, 15) is 14.4 Å². The summed E-state index contributed by atoms with van der Waals surface area (Å²) in [6.07, 6.45) is 1.95. The van der Waals surface area contributed by atoms with Crippen molar-refractivity contribution in [3.63, 3.8) is 0 Å². The number of imide groups is 1. The van der Waals surface area contributed by atoms with Crippen LogP contribution in [0.3, 0.4) is 0 Å². The number of nitrogens with zero attached hydrogens (tertiary/aromatic N) is 1. The first-order chi connectivity index (χ1) is 15.0. The minimum atomic E-state index is -0.673. The van der Waals surface area contributed by atoms with Gasteiger partial charge in [-0.15, -0.1) is 0 Å². The smallest absolute Gasteiger partial charge is 0.283 e. The van der Waals surface area contributed by atoms with Crippen molar-refractivity contribution >= 4 is 52.3 Å². The summed E-state index contributed by atoms with van der Waals surface area (Å²) in [5.41, 5.74) is 1.01. The van der Waals surface area contributed by atoms with Crippen LogP contribution in [0.5, 0.6) is 0 Å². The summed E-state index contributed by atoms with van der Waals surface area (Å²) in [4.78, 5) is 38.9. The minimum Gasteiger partial charge on any atom is -0.376 e. The summed E-state index contributed by atoms with van der Waals surface area (Å²) in [6.45, 7) is 1.15. The van der Waals surface area contributed by atoms with Crippen LogP contribution in [0.1, 0.15) is 23.2 Å². The van der Waals surface area contributed by atoms with Gasteiger partial charge in [0.25, 0.3) is 17.7 Å². The van der Waals surface area contributed by atoms with Gasteiger partial charge in [-0.2, -0.15) is 0 Å². The molecule has 3 amide bonds. The number of carbonyl (C=O) groups excluding carboxylic acids is 3. The largest absolute Gasteiger partial charge is 0.376 e. The number of para-hydroxylation sites is 1. The Bertz CT molecular complexity index is 1080. The van der Waals surface area contributed by atoms with E-state index >= 15 is 0 Å². The van der Waals surface area contributed by atoms with Crippen LogP contribution in [0, 0.1) is 0 Å². The molecule has 2 N–H and O–H groups in total. The van der Waals surface area contributed by atoms with Gasteiger partial charge in [0.05, 0.1) is 16.8 Å². The SMILES string of the molecule is O=C(NCC1CCCO1)c1cccc(NC2=C(Cl)C(=O)N(c3ccccc3Cl)C2=O)c1. The van der Waals surface area contributed by atoms with E-state index in [4.69, 9.17) is 27.9 Å². The lowest BCUT2D eigenvalue weighted by Crippen LogP contribution is -2.32. The van der Waals surface area contributed by atoms with Crippen LogP contribution in [0.2, 0.25) is 5.02 Å². The Morgan fingerprint density at radius 3 is 2.65 bits per heavy atom. The number of ether oxygens (including phenoxy) is 1. The van der Waals surface area contributed by atoms with Crippen molar-refractivity contribution in [3.8, 4) is 0 Å². The molecule has 0 aromatic heterocycles. The molecule has 2 heterocycles. The minimum absolute atomic E-state index is 0.0344. The van der Waals surface area contributed by atoms with Crippen LogP contribution < -0.4 is 15.5 Å². The van der Waals surface area contributed by atoms with Gasteiger partial charge in [-0.3, -0.25) is 14.4 Å². The van der Waals surface area contributed by atoms with Gasteiger partial charge in [-0.05, 0) is 43.2 Å². The van der Waals surface area contributed by atoms with Gasteiger partial charge in [0.1, 0.15) is 10.7 Å². The molecule has 160 valence electrons. The first kappa shape index (κ1) is 21.4. The zero-order valence-electron chi connectivity index (χ0n) is 16.4. The highest BCUT2D eigenvalue weighted by molar-refractivity contribution is 6.53. The summed E-state index contributed by atoms with van der Waals surface area (Å²) in [5, 5.41) is 5.72. The lowest BCUT2D eigenvalue weighted by atomic mass is 10.1. The van der Waals surface area contributed by atoms with Gasteiger partial charge in [0, 0.05) is 24.4 Å². The fraction of sp³-hybridized carbons (Fsp3) is 0.227. The van der Waals surface area contributed by atoms with Crippen molar-refractivity contribution in [2.45, 2.75) is 18.9 Å². The van der Waals surface area contributed by atoms with Gasteiger partial charge in [-0.25, -0.2) is 4.90 Å². The third kappa shape index (κ3) is 4.44. The zero-order valence-corrected chi connectivity index (χ0v) is 17.9. The monoisotopic (exact) mass is 459 g/mol. The number of carbonyl (C=O) groups is 3. The summed E-state index contributed by atoms with van der Waals surface area (Å²) >= 11 is 12.3. The molecule has 0 saturated carbocycles. The Labute approximate surface area is 189 Å². The molecule has 2 aromatic rings. The lowest BCUT2D eigenvalue weighted by molar-refractivity contribution is -0.120. The molecule has 4 rings (SSSR count). The second kappa shape index (κ2) is 9.09. The Morgan fingerprint density at radius 2 is 1.90 bits per heavy atom. The molecule has 1 fully saturated rings. The molecule has 0 bridgehead atoms. The van der Waals surface area contributed by atoms with Crippen LogP contribution in [0.4, 0.5) is 11.4 Å².